The number of carbonyl (C=O) groups excluding carboxylic acids is 1. The molecule has 0 atom stereocenters. The van der Waals surface area contributed by atoms with Crippen molar-refractivity contribution in [2.45, 2.75) is 6.54 Å². The number of nitrogens with one attached hydrogen (secondary N) is 1. The molecule has 0 aliphatic carbocycles. The third kappa shape index (κ3) is 5.07. The number of ether oxygens (including phenoxy) is 2. The quantitative estimate of drug-likeness (QED) is 0.230. The van der Waals surface area contributed by atoms with Gasteiger partial charge < -0.3 is 14.8 Å². The van der Waals surface area contributed by atoms with Crippen LogP contribution < -0.4 is 10.1 Å². The third-order valence-electron chi connectivity index (χ3n) is 4.51. The zero-order chi connectivity index (χ0) is 23.2. The maximum Gasteiger partial charge on any atom is 0.373 e. The molecule has 2 aromatic carbocycles. The maximum atomic E-state index is 11.8. The molecule has 0 fully saturated rings. The number of nitro groups is 1. The molecule has 0 amide bonds. The van der Waals surface area contributed by atoms with E-state index in [9.17, 15) is 14.9 Å². The van der Waals surface area contributed by atoms with Gasteiger partial charge in [0.1, 0.15) is 17.8 Å². The summed E-state index contributed by atoms with van der Waals surface area (Å²) >= 11 is 1.27. The van der Waals surface area contributed by atoms with Crippen LogP contribution in [0.25, 0.3) is 11.3 Å². The van der Waals surface area contributed by atoms with Gasteiger partial charge in [0.05, 0.1) is 17.6 Å². The fourth-order valence-corrected chi connectivity index (χ4v) is 3.38. The minimum Gasteiger partial charge on any atom is -0.465 e. The topological polar surface area (TPSA) is 142 Å². The van der Waals surface area contributed by atoms with Crippen LogP contribution in [0.1, 0.15) is 15.9 Å². The van der Waals surface area contributed by atoms with Gasteiger partial charge in [-0.15, -0.1) is 5.10 Å². The van der Waals surface area contributed by atoms with Crippen LogP contribution in [-0.2, 0) is 11.3 Å². The molecule has 166 valence electrons. The Balaban J connectivity index is 1.53. The Morgan fingerprint density at radius 3 is 2.70 bits per heavy atom. The van der Waals surface area contributed by atoms with Crippen LogP contribution in [0.15, 0.2) is 60.2 Å². The van der Waals surface area contributed by atoms with Gasteiger partial charge in [0.25, 0.3) is 0 Å². The first-order valence-corrected chi connectivity index (χ1v) is 10.3. The molecule has 0 saturated carbocycles. The highest BCUT2D eigenvalue weighted by Crippen LogP contribution is 2.34. The Kier molecular flexibility index (Phi) is 6.45. The summed E-state index contributed by atoms with van der Waals surface area (Å²) in [4.78, 5) is 30.8. The molecule has 1 N–H and O–H groups in total. The van der Waals surface area contributed by atoms with Crippen LogP contribution in [0, 0.1) is 10.1 Å². The number of aromatic nitrogens is 4. The van der Waals surface area contributed by atoms with Gasteiger partial charge in [-0.3, -0.25) is 10.1 Å². The standard InChI is InChI=1S/C21H16N6O5S/c1-31-21(28)15-3-2-4-16(9-15)32-20-18(27(29)30)19(23-12-24-20)22-10-13-5-7-14(8-6-13)17-11-33-26-25-17/h2-9,11-12H,10H2,1H3,(H,22,23,24). The van der Waals surface area contributed by atoms with Crippen LogP contribution in [0.3, 0.4) is 0 Å². The molecule has 0 aliphatic heterocycles. The number of nitrogens with zero attached hydrogens (tertiary/aromatic N) is 5. The average molecular weight is 464 g/mol. The highest BCUT2D eigenvalue weighted by atomic mass is 32.1. The Hall–Kier alpha value is -4.45. The predicted molar refractivity (Wildman–Crippen MR) is 119 cm³/mol. The van der Waals surface area contributed by atoms with E-state index in [4.69, 9.17) is 4.74 Å². The SMILES string of the molecule is COC(=O)c1cccc(Oc2ncnc(NCc3ccc(-c4csnn4)cc3)c2[N+](=O)[O-])c1. The monoisotopic (exact) mass is 464 g/mol. The van der Waals surface area contributed by atoms with Gasteiger partial charge in [0.2, 0.25) is 5.82 Å². The van der Waals surface area contributed by atoms with Crippen molar-refractivity contribution in [3.63, 3.8) is 0 Å². The molecule has 0 bridgehead atoms. The minimum absolute atomic E-state index is 0.00176. The van der Waals surface area contributed by atoms with Gasteiger partial charge in [-0.2, -0.15) is 4.98 Å². The molecule has 4 aromatic rings. The van der Waals surface area contributed by atoms with E-state index < -0.39 is 16.6 Å². The van der Waals surface area contributed by atoms with Crippen LogP contribution in [-0.4, -0.2) is 37.6 Å². The Bertz CT molecular complexity index is 1280. The molecule has 0 radical (unpaired) electrons. The number of rotatable bonds is 8. The van der Waals surface area contributed by atoms with E-state index in [1.165, 1.54) is 30.8 Å². The fraction of sp³-hybridized carbons (Fsp3) is 0.0952. The highest BCUT2D eigenvalue weighted by molar-refractivity contribution is 7.03. The first-order chi connectivity index (χ1) is 16.0. The van der Waals surface area contributed by atoms with Crippen molar-refractivity contribution in [1.82, 2.24) is 19.6 Å². The normalized spacial score (nSPS) is 10.5. The fourth-order valence-electron chi connectivity index (χ4n) is 2.92. The lowest BCUT2D eigenvalue weighted by Gasteiger charge is -2.10. The van der Waals surface area contributed by atoms with E-state index in [1.54, 1.807) is 12.1 Å². The lowest BCUT2D eigenvalue weighted by atomic mass is 10.1. The second kappa shape index (κ2) is 9.78. The van der Waals surface area contributed by atoms with E-state index >= 15 is 0 Å². The molecule has 2 aromatic heterocycles. The molecule has 0 aliphatic rings. The van der Waals surface area contributed by atoms with Crippen molar-refractivity contribution in [3.05, 3.63) is 81.5 Å². The average Bonchev–Trinajstić information content (AvgIpc) is 3.37. The smallest absolute Gasteiger partial charge is 0.373 e. The number of methoxy groups -OCH3 is 1. The van der Waals surface area contributed by atoms with Crippen LogP contribution in [0.4, 0.5) is 11.5 Å². The highest BCUT2D eigenvalue weighted by Gasteiger charge is 2.25. The van der Waals surface area contributed by atoms with Gasteiger partial charge in [0, 0.05) is 17.5 Å². The molecule has 12 heteroatoms. The second-order valence-electron chi connectivity index (χ2n) is 6.60. The lowest BCUT2D eigenvalue weighted by molar-refractivity contribution is -0.385. The van der Waals surface area contributed by atoms with Crippen LogP contribution in [0.5, 0.6) is 11.6 Å². The summed E-state index contributed by atoms with van der Waals surface area (Å²) in [6, 6.07) is 13.6. The molecule has 11 nitrogen and oxygen atoms in total. The summed E-state index contributed by atoms with van der Waals surface area (Å²) in [5.41, 5.74) is 2.39. The zero-order valence-electron chi connectivity index (χ0n) is 17.2. The summed E-state index contributed by atoms with van der Waals surface area (Å²) in [6.45, 7) is 0.282. The summed E-state index contributed by atoms with van der Waals surface area (Å²) in [5.74, 6) is -0.623. The molecule has 0 saturated heterocycles. The molecule has 0 spiro atoms. The van der Waals surface area contributed by atoms with Gasteiger partial charge in [0.15, 0.2) is 0 Å². The van der Waals surface area contributed by atoms with E-state index in [1.807, 2.05) is 29.6 Å². The molecular weight excluding hydrogens is 448 g/mol. The van der Waals surface area contributed by atoms with Crippen LogP contribution in [0.2, 0.25) is 0 Å². The zero-order valence-corrected chi connectivity index (χ0v) is 18.0. The number of hydrogen-bond acceptors (Lipinski definition) is 11. The van der Waals surface area contributed by atoms with E-state index in [2.05, 4.69) is 29.6 Å². The Labute approximate surface area is 191 Å². The van der Waals surface area contributed by atoms with Crippen molar-refractivity contribution in [2.24, 2.45) is 0 Å². The Morgan fingerprint density at radius 2 is 2.00 bits per heavy atom. The van der Waals surface area contributed by atoms with Gasteiger partial charge in [-0.25, -0.2) is 9.78 Å². The summed E-state index contributed by atoms with van der Waals surface area (Å²) in [6.07, 6.45) is 1.16. The van der Waals surface area contributed by atoms with Crippen molar-refractivity contribution in [1.29, 1.82) is 0 Å². The molecule has 4 rings (SSSR count). The summed E-state index contributed by atoms with van der Waals surface area (Å²) in [5, 5.41) is 20.6. The van der Waals surface area contributed by atoms with Gasteiger partial charge in [-0.05, 0) is 35.3 Å². The van der Waals surface area contributed by atoms with Crippen molar-refractivity contribution in [3.8, 4) is 22.9 Å². The molecule has 33 heavy (non-hydrogen) atoms. The number of carbonyl (C=O) groups is 1. The third-order valence-corrected chi connectivity index (χ3v) is 5.02. The number of anilines is 1. The number of esters is 1. The van der Waals surface area contributed by atoms with Crippen molar-refractivity contribution < 1.29 is 19.2 Å². The van der Waals surface area contributed by atoms with Gasteiger partial charge in [-0.1, -0.05) is 34.8 Å². The predicted octanol–water partition coefficient (Wildman–Crippen LogP) is 4.09. The molecular formula is C21H16N6O5S. The van der Waals surface area contributed by atoms with Gasteiger partial charge >= 0.3 is 17.5 Å². The summed E-state index contributed by atoms with van der Waals surface area (Å²) in [7, 11) is 1.26. The van der Waals surface area contributed by atoms with E-state index in [0.29, 0.717) is 0 Å². The van der Waals surface area contributed by atoms with Crippen LogP contribution >= 0.6 is 11.5 Å². The maximum absolute atomic E-state index is 11.8. The minimum atomic E-state index is -0.625. The molecule has 0 unspecified atom stereocenters. The van der Waals surface area contributed by atoms with Crippen molar-refractivity contribution >= 4 is 29.0 Å². The first kappa shape index (κ1) is 21.8. The Morgan fingerprint density at radius 1 is 1.18 bits per heavy atom. The molecule has 2 heterocycles. The number of hydrogen-bond donors (Lipinski definition) is 1. The van der Waals surface area contributed by atoms with E-state index in [0.717, 1.165) is 23.1 Å². The second-order valence-corrected chi connectivity index (χ2v) is 7.21. The lowest BCUT2D eigenvalue weighted by Crippen LogP contribution is -2.07. The first-order valence-electron chi connectivity index (χ1n) is 9.51. The number of benzene rings is 2. The van der Waals surface area contributed by atoms with E-state index in [-0.39, 0.29) is 29.6 Å². The van der Waals surface area contributed by atoms with Crippen molar-refractivity contribution in [2.75, 3.05) is 12.4 Å². The largest absolute Gasteiger partial charge is 0.465 e. The summed E-state index contributed by atoms with van der Waals surface area (Å²) < 4.78 is 14.1.